The van der Waals surface area contributed by atoms with Gasteiger partial charge in [-0.2, -0.15) is 0 Å². The van der Waals surface area contributed by atoms with E-state index in [1.807, 2.05) is 81.4 Å². The largest absolute Gasteiger partial charge is 0.458 e. The summed E-state index contributed by atoms with van der Waals surface area (Å²) in [5.74, 6) is -0.130. The summed E-state index contributed by atoms with van der Waals surface area (Å²) in [4.78, 5) is 18.3. The first-order chi connectivity index (χ1) is 13.8. The predicted octanol–water partition coefficient (Wildman–Crippen LogP) is 5.98. The van der Waals surface area contributed by atoms with E-state index in [1.165, 1.54) is 5.57 Å². The monoisotopic (exact) mass is 389 g/mol. The van der Waals surface area contributed by atoms with Crippen molar-refractivity contribution < 1.29 is 9.53 Å². The van der Waals surface area contributed by atoms with Gasteiger partial charge >= 0.3 is 5.97 Å². The Labute approximate surface area is 174 Å². The van der Waals surface area contributed by atoms with Crippen molar-refractivity contribution in [3.63, 3.8) is 0 Å². The molecule has 1 saturated carbocycles. The van der Waals surface area contributed by atoms with Crippen LogP contribution in [-0.4, -0.2) is 23.3 Å². The molecule has 1 fully saturated rings. The first-order valence-corrected chi connectivity index (χ1v) is 10.4. The molecule has 3 heteroatoms. The lowest BCUT2D eigenvalue weighted by Gasteiger charge is -2.30. The zero-order chi connectivity index (χ0) is 20.9. The Morgan fingerprint density at radius 2 is 1.59 bits per heavy atom. The van der Waals surface area contributed by atoms with E-state index in [2.05, 4.69) is 6.58 Å². The molecule has 0 saturated heterocycles. The van der Waals surface area contributed by atoms with Crippen LogP contribution in [0.5, 0.6) is 0 Å². The third-order valence-corrected chi connectivity index (χ3v) is 5.11. The number of esters is 1. The lowest BCUT2D eigenvalue weighted by atomic mass is 9.81. The second-order valence-corrected chi connectivity index (χ2v) is 8.79. The lowest BCUT2D eigenvalue weighted by molar-refractivity contribution is -0.157. The van der Waals surface area contributed by atoms with E-state index in [9.17, 15) is 4.79 Å². The summed E-state index contributed by atoms with van der Waals surface area (Å²) >= 11 is 0. The fraction of sp³-hybridized carbons (Fsp3) is 0.385. The molecule has 0 radical (unpaired) electrons. The normalized spacial score (nSPS) is 18.0. The fourth-order valence-electron chi connectivity index (χ4n) is 3.82. The smallest absolute Gasteiger partial charge is 0.331 e. The summed E-state index contributed by atoms with van der Waals surface area (Å²) in [6.07, 6.45) is 3.86. The number of carbonyl (C=O) groups excluding carboxylic acids is 1. The Bertz CT molecular complexity index is 821. The second kappa shape index (κ2) is 9.21. The van der Waals surface area contributed by atoms with Gasteiger partial charge in [-0.3, -0.25) is 4.99 Å². The van der Waals surface area contributed by atoms with Crippen LogP contribution in [0, 0.1) is 5.92 Å². The minimum Gasteiger partial charge on any atom is -0.458 e. The van der Waals surface area contributed by atoms with E-state index in [-0.39, 0.29) is 11.9 Å². The maximum Gasteiger partial charge on any atom is 0.331 e. The van der Waals surface area contributed by atoms with Gasteiger partial charge in [-0.25, -0.2) is 4.79 Å². The van der Waals surface area contributed by atoms with Crippen molar-refractivity contribution >= 4 is 11.7 Å². The van der Waals surface area contributed by atoms with Crippen molar-refractivity contribution in [2.24, 2.45) is 10.9 Å². The molecule has 3 rings (SSSR count). The standard InChI is InChI=1S/C26H31NO2/c1-19-12-11-17-22(18-19)24(25(28)29-26(2,3)4)27-23(20-13-7-5-8-14-20)21-15-9-6-10-16-21/h5-10,13-16,22,24H,1,11-12,17-18H2,2-4H3/t22-,24-/m0/s1. The molecule has 0 unspecified atom stereocenters. The molecule has 152 valence electrons. The average molecular weight is 390 g/mol. The highest BCUT2D eigenvalue weighted by molar-refractivity contribution is 6.13. The van der Waals surface area contributed by atoms with Crippen LogP contribution in [-0.2, 0) is 9.53 Å². The molecule has 0 N–H and O–H groups in total. The van der Waals surface area contributed by atoms with E-state index in [0.29, 0.717) is 0 Å². The highest BCUT2D eigenvalue weighted by Gasteiger charge is 2.34. The Morgan fingerprint density at radius 1 is 1.03 bits per heavy atom. The van der Waals surface area contributed by atoms with Crippen LogP contribution in [0.1, 0.15) is 57.6 Å². The van der Waals surface area contributed by atoms with Crippen molar-refractivity contribution in [2.75, 3.05) is 0 Å². The molecular formula is C26H31NO2. The number of aliphatic imine (C=N–C) groups is 1. The summed E-state index contributed by atoms with van der Waals surface area (Å²) < 4.78 is 5.79. The van der Waals surface area contributed by atoms with E-state index in [1.54, 1.807) is 0 Å². The second-order valence-electron chi connectivity index (χ2n) is 8.79. The molecule has 2 aromatic rings. The highest BCUT2D eigenvalue weighted by Crippen LogP contribution is 2.33. The van der Waals surface area contributed by atoms with Gasteiger partial charge in [-0.15, -0.1) is 0 Å². The molecule has 1 aliphatic rings. The quantitative estimate of drug-likeness (QED) is 0.358. The molecule has 1 aliphatic carbocycles. The molecule has 2 aromatic carbocycles. The van der Waals surface area contributed by atoms with Crippen LogP contribution in [0.15, 0.2) is 77.8 Å². The first-order valence-electron chi connectivity index (χ1n) is 10.4. The van der Waals surface area contributed by atoms with Gasteiger partial charge < -0.3 is 4.74 Å². The van der Waals surface area contributed by atoms with Gasteiger partial charge in [0.2, 0.25) is 0 Å². The summed E-state index contributed by atoms with van der Waals surface area (Å²) in [7, 11) is 0. The molecular weight excluding hydrogens is 358 g/mol. The van der Waals surface area contributed by atoms with Gasteiger partial charge in [0.25, 0.3) is 0 Å². The molecule has 0 spiro atoms. The number of rotatable bonds is 5. The van der Waals surface area contributed by atoms with Crippen molar-refractivity contribution in [3.8, 4) is 0 Å². The molecule has 29 heavy (non-hydrogen) atoms. The van der Waals surface area contributed by atoms with Gasteiger partial charge in [0, 0.05) is 11.1 Å². The van der Waals surface area contributed by atoms with Crippen molar-refractivity contribution in [3.05, 3.63) is 83.9 Å². The number of ether oxygens (including phenoxy) is 1. The highest BCUT2D eigenvalue weighted by atomic mass is 16.6. The number of hydrogen-bond donors (Lipinski definition) is 0. The number of allylic oxidation sites excluding steroid dienone is 1. The van der Waals surface area contributed by atoms with Crippen LogP contribution >= 0.6 is 0 Å². The van der Waals surface area contributed by atoms with Crippen LogP contribution in [0.2, 0.25) is 0 Å². The predicted molar refractivity (Wildman–Crippen MR) is 119 cm³/mol. The molecule has 3 nitrogen and oxygen atoms in total. The van der Waals surface area contributed by atoms with Gasteiger partial charge in [0.05, 0.1) is 5.71 Å². The van der Waals surface area contributed by atoms with Crippen LogP contribution in [0.3, 0.4) is 0 Å². The minimum atomic E-state index is -0.545. The lowest BCUT2D eigenvalue weighted by Crippen LogP contribution is -2.37. The fourth-order valence-corrected chi connectivity index (χ4v) is 3.82. The molecule has 0 bridgehead atoms. The van der Waals surface area contributed by atoms with Crippen LogP contribution in [0.25, 0.3) is 0 Å². The first kappa shape index (κ1) is 21.0. The molecule has 0 heterocycles. The zero-order valence-electron chi connectivity index (χ0n) is 17.7. The summed E-state index contributed by atoms with van der Waals surface area (Å²) in [6.45, 7) is 9.89. The van der Waals surface area contributed by atoms with Gasteiger partial charge in [0.15, 0.2) is 6.04 Å². The Kier molecular flexibility index (Phi) is 6.68. The van der Waals surface area contributed by atoms with E-state index in [4.69, 9.17) is 9.73 Å². The SMILES string of the molecule is C=C1CCC[C@H]([C@H](N=C(c2ccccc2)c2ccccc2)C(=O)OC(C)(C)C)C1. The van der Waals surface area contributed by atoms with E-state index in [0.717, 1.165) is 42.5 Å². The van der Waals surface area contributed by atoms with Crippen molar-refractivity contribution in [2.45, 2.75) is 58.1 Å². The van der Waals surface area contributed by atoms with Gasteiger partial charge in [-0.05, 0) is 52.4 Å². The summed E-state index contributed by atoms with van der Waals surface area (Å²) in [5.41, 5.74) is 3.49. The Balaban J connectivity index is 2.06. The molecule has 0 aromatic heterocycles. The maximum absolute atomic E-state index is 13.2. The number of carbonyl (C=O) groups is 1. The summed E-state index contributed by atoms with van der Waals surface area (Å²) in [6, 6.07) is 19.6. The molecule has 0 aliphatic heterocycles. The molecule has 2 atom stereocenters. The van der Waals surface area contributed by atoms with E-state index >= 15 is 0 Å². The van der Waals surface area contributed by atoms with Crippen molar-refractivity contribution in [1.29, 1.82) is 0 Å². The van der Waals surface area contributed by atoms with Gasteiger partial charge in [-0.1, -0.05) is 72.8 Å². The number of hydrogen-bond acceptors (Lipinski definition) is 3. The topological polar surface area (TPSA) is 38.7 Å². The van der Waals surface area contributed by atoms with Crippen molar-refractivity contribution in [1.82, 2.24) is 0 Å². The average Bonchev–Trinajstić information content (AvgIpc) is 2.68. The number of benzene rings is 2. The number of nitrogens with zero attached hydrogens (tertiary/aromatic N) is 1. The maximum atomic E-state index is 13.2. The van der Waals surface area contributed by atoms with Crippen LogP contribution < -0.4 is 0 Å². The molecule has 0 amide bonds. The third-order valence-electron chi connectivity index (χ3n) is 5.11. The zero-order valence-corrected chi connectivity index (χ0v) is 17.7. The van der Waals surface area contributed by atoms with Gasteiger partial charge in [0.1, 0.15) is 5.60 Å². The third kappa shape index (κ3) is 5.90. The van der Waals surface area contributed by atoms with Crippen LogP contribution in [0.4, 0.5) is 0 Å². The minimum absolute atomic E-state index is 0.119. The Hall–Kier alpha value is -2.68. The summed E-state index contributed by atoms with van der Waals surface area (Å²) in [5, 5.41) is 0. The Morgan fingerprint density at radius 3 is 2.07 bits per heavy atom. The van der Waals surface area contributed by atoms with E-state index < -0.39 is 11.6 Å².